The van der Waals surface area contributed by atoms with Crippen LogP contribution in [0.1, 0.15) is 17.7 Å². The van der Waals surface area contributed by atoms with Crippen LogP contribution in [0.5, 0.6) is 0 Å². The minimum absolute atomic E-state index is 0.219. The number of nitrogens with zero attached hydrogens (tertiary/aromatic N) is 3. The zero-order valence-corrected chi connectivity index (χ0v) is 20.3. The first-order valence-electron chi connectivity index (χ1n) is 9.91. The fraction of sp³-hybridized carbons (Fsp3) is 0.318. The van der Waals surface area contributed by atoms with Crippen LogP contribution in [0.15, 0.2) is 62.7 Å². The van der Waals surface area contributed by atoms with E-state index in [1.165, 1.54) is 29.0 Å². The van der Waals surface area contributed by atoms with E-state index >= 15 is 0 Å². The average Bonchev–Trinajstić information content (AvgIpc) is 3.41. The maximum absolute atomic E-state index is 14.9. The van der Waals surface area contributed by atoms with Crippen LogP contribution in [0.2, 0.25) is 0 Å². The molecule has 2 aromatic carbocycles. The second kappa shape index (κ2) is 9.36. The van der Waals surface area contributed by atoms with E-state index in [1.54, 1.807) is 10.9 Å². The van der Waals surface area contributed by atoms with Crippen molar-refractivity contribution in [2.75, 3.05) is 25.0 Å². The highest BCUT2D eigenvalue weighted by atomic mass is 79.9. The largest absolute Gasteiger partial charge is 0.369 e. The SMILES string of the molecule is CN(c1cc(F)c(S(=O)(=O)Cc2cscn2)cc1Br)[C@H]1CCN(Cc2ccccc2)C1. The Labute approximate surface area is 194 Å². The van der Waals surface area contributed by atoms with Gasteiger partial charge in [0.15, 0.2) is 9.84 Å². The lowest BCUT2D eigenvalue weighted by atomic mass is 10.2. The van der Waals surface area contributed by atoms with Crippen LogP contribution in [0, 0.1) is 5.82 Å². The molecule has 0 amide bonds. The Hall–Kier alpha value is -1.81. The van der Waals surface area contributed by atoms with Crippen molar-refractivity contribution in [1.29, 1.82) is 0 Å². The number of likely N-dealkylation sites (N-methyl/N-ethyl adjacent to an activating group) is 1. The van der Waals surface area contributed by atoms with Crippen LogP contribution in [-0.4, -0.2) is 44.5 Å². The summed E-state index contributed by atoms with van der Waals surface area (Å²) >= 11 is 4.78. The summed E-state index contributed by atoms with van der Waals surface area (Å²) in [5, 5.41) is 1.66. The van der Waals surface area contributed by atoms with Crippen LogP contribution in [0.3, 0.4) is 0 Å². The molecular formula is C22H23BrFN3O2S2. The Bertz CT molecular complexity index is 1140. The third-order valence-electron chi connectivity index (χ3n) is 5.58. The molecule has 2 heterocycles. The molecule has 4 rings (SSSR count). The Kier molecular flexibility index (Phi) is 6.76. The Morgan fingerprint density at radius 2 is 2.06 bits per heavy atom. The van der Waals surface area contributed by atoms with Crippen LogP contribution >= 0.6 is 27.3 Å². The van der Waals surface area contributed by atoms with Crippen molar-refractivity contribution in [3.8, 4) is 0 Å². The molecule has 1 atom stereocenters. The van der Waals surface area contributed by atoms with Crippen molar-refractivity contribution < 1.29 is 12.8 Å². The zero-order valence-electron chi connectivity index (χ0n) is 17.0. The second-order valence-electron chi connectivity index (χ2n) is 7.75. The predicted octanol–water partition coefficient (Wildman–Crippen LogP) is 4.73. The molecule has 9 heteroatoms. The Morgan fingerprint density at radius 3 is 2.77 bits per heavy atom. The first-order chi connectivity index (χ1) is 14.8. The van der Waals surface area contributed by atoms with Gasteiger partial charge in [0.1, 0.15) is 10.7 Å². The molecule has 0 saturated carbocycles. The molecule has 1 aliphatic heterocycles. The summed E-state index contributed by atoms with van der Waals surface area (Å²) in [5.41, 5.74) is 3.91. The highest BCUT2D eigenvalue weighted by molar-refractivity contribution is 9.10. The lowest BCUT2D eigenvalue weighted by Crippen LogP contribution is -2.34. The van der Waals surface area contributed by atoms with Gasteiger partial charge >= 0.3 is 0 Å². The fourth-order valence-corrected chi connectivity index (χ4v) is 6.71. The van der Waals surface area contributed by atoms with E-state index in [9.17, 15) is 12.8 Å². The molecule has 0 radical (unpaired) electrons. The number of thiazole rings is 1. The number of likely N-dealkylation sites (tertiary alicyclic amines) is 1. The highest BCUT2D eigenvalue weighted by Gasteiger charge is 2.29. The predicted molar refractivity (Wildman–Crippen MR) is 126 cm³/mol. The molecule has 1 fully saturated rings. The zero-order chi connectivity index (χ0) is 22.0. The molecule has 0 unspecified atom stereocenters. The lowest BCUT2D eigenvalue weighted by molar-refractivity contribution is 0.326. The van der Waals surface area contributed by atoms with E-state index in [-0.39, 0.29) is 16.7 Å². The summed E-state index contributed by atoms with van der Waals surface area (Å²) in [6.07, 6.45) is 0.960. The number of hydrogen-bond donors (Lipinski definition) is 0. The summed E-state index contributed by atoms with van der Waals surface area (Å²) in [7, 11) is -1.90. The number of benzene rings is 2. The molecule has 3 aromatic rings. The molecule has 164 valence electrons. The molecule has 0 bridgehead atoms. The van der Waals surface area contributed by atoms with Crippen molar-refractivity contribution in [2.24, 2.45) is 0 Å². The molecule has 31 heavy (non-hydrogen) atoms. The van der Waals surface area contributed by atoms with Crippen LogP contribution in [0.25, 0.3) is 0 Å². The van der Waals surface area contributed by atoms with Gasteiger partial charge in [-0.15, -0.1) is 11.3 Å². The normalized spacial score (nSPS) is 17.2. The lowest BCUT2D eigenvalue weighted by Gasteiger charge is -2.28. The van der Waals surface area contributed by atoms with Gasteiger partial charge < -0.3 is 4.90 Å². The molecule has 0 N–H and O–H groups in total. The molecule has 1 saturated heterocycles. The summed E-state index contributed by atoms with van der Waals surface area (Å²) in [6.45, 7) is 2.71. The topological polar surface area (TPSA) is 53.5 Å². The van der Waals surface area contributed by atoms with E-state index in [2.05, 4.69) is 37.9 Å². The molecule has 0 aliphatic carbocycles. The molecule has 1 aliphatic rings. The van der Waals surface area contributed by atoms with Crippen molar-refractivity contribution in [3.63, 3.8) is 0 Å². The van der Waals surface area contributed by atoms with E-state index < -0.39 is 15.7 Å². The van der Waals surface area contributed by atoms with Gasteiger partial charge in [0.2, 0.25) is 0 Å². The number of halogens is 2. The van der Waals surface area contributed by atoms with Gasteiger partial charge in [-0.1, -0.05) is 30.3 Å². The number of rotatable bonds is 7. The second-order valence-corrected chi connectivity index (χ2v) is 11.3. The number of aromatic nitrogens is 1. The Balaban J connectivity index is 1.49. The van der Waals surface area contributed by atoms with Gasteiger partial charge in [-0.2, -0.15) is 0 Å². The standard InChI is InChI=1S/C22H23BrFN3O2S2/c1-26(18-7-8-27(12-18)11-16-5-3-2-4-6-16)21-10-20(24)22(9-19(21)23)31(28,29)14-17-13-30-15-25-17/h2-6,9-10,13,15,18H,7-8,11-12,14H2,1H3/t18-/m0/s1. The van der Waals surface area contributed by atoms with Gasteiger partial charge in [0.25, 0.3) is 0 Å². The van der Waals surface area contributed by atoms with Crippen LogP contribution < -0.4 is 4.90 Å². The van der Waals surface area contributed by atoms with E-state index in [4.69, 9.17) is 0 Å². The average molecular weight is 524 g/mol. The number of hydrogen-bond acceptors (Lipinski definition) is 6. The molecule has 1 aromatic heterocycles. The summed E-state index contributed by atoms with van der Waals surface area (Å²) in [6, 6.07) is 13.2. The van der Waals surface area contributed by atoms with Gasteiger partial charge in [-0.05, 0) is 40.0 Å². The minimum atomic E-state index is -3.83. The fourth-order valence-electron chi connectivity index (χ4n) is 3.92. The van der Waals surface area contributed by atoms with Gasteiger partial charge in [0, 0.05) is 42.6 Å². The quantitative estimate of drug-likeness (QED) is 0.448. The summed E-state index contributed by atoms with van der Waals surface area (Å²) in [5.74, 6) is -1.05. The summed E-state index contributed by atoms with van der Waals surface area (Å²) in [4.78, 5) is 8.12. The molecule has 5 nitrogen and oxygen atoms in total. The van der Waals surface area contributed by atoms with E-state index in [0.717, 1.165) is 26.1 Å². The van der Waals surface area contributed by atoms with Crippen LogP contribution in [-0.2, 0) is 22.1 Å². The minimum Gasteiger partial charge on any atom is -0.369 e. The van der Waals surface area contributed by atoms with Crippen LogP contribution in [0.4, 0.5) is 10.1 Å². The maximum Gasteiger partial charge on any atom is 0.187 e. The van der Waals surface area contributed by atoms with Gasteiger partial charge in [-0.25, -0.2) is 17.8 Å². The van der Waals surface area contributed by atoms with Crippen molar-refractivity contribution in [3.05, 3.63) is 74.9 Å². The third-order valence-corrected chi connectivity index (χ3v) is 8.51. The number of sulfone groups is 1. The first-order valence-corrected chi connectivity index (χ1v) is 13.3. The Morgan fingerprint density at radius 1 is 1.29 bits per heavy atom. The van der Waals surface area contributed by atoms with Crippen molar-refractivity contribution in [2.45, 2.75) is 29.7 Å². The van der Waals surface area contributed by atoms with Gasteiger partial charge in [0.05, 0.1) is 22.6 Å². The highest BCUT2D eigenvalue weighted by Crippen LogP contribution is 2.34. The van der Waals surface area contributed by atoms with Crippen molar-refractivity contribution >= 4 is 42.8 Å². The van der Waals surface area contributed by atoms with Gasteiger partial charge in [-0.3, -0.25) is 4.90 Å². The molecular weight excluding hydrogens is 501 g/mol. The smallest absolute Gasteiger partial charge is 0.187 e. The third kappa shape index (κ3) is 5.16. The monoisotopic (exact) mass is 523 g/mol. The van der Waals surface area contributed by atoms with E-state index in [1.807, 2.05) is 30.1 Å². The number of anilines is 1. The first kappa shape index (κ1) is 22.4. The molecule has 0 spiro atoms. The maximum atomic E-state index is 14.9. The summed E-state index contributed by atoms with van der Waals surface area (Å²) < 4.78 is 40.9. The van der Waals surface area contributed by atoms with Crippen molar-refractivity contribution in [1.82, 2.24) is 9.88 Å². The van der Waals surface area contributed by atoms with E-state index in [0.29, 0.717) is 15.9 Å².